The molecule has 0 spiro atoms. The van der Waals surface area contributed by atoms with Crippen LogP contribution in [0.2, 0.25) is 0 Å². The zero-order valence-corrected chi connectivity index (χ0v) is 36.3. The molecule has 61 heavy (non-hydrogen) atoms. The smallest absolute Gasteiger partial charge is 0.328 e. The molecule has 6 rings (SSSR count). The molecule has 16 nitrogen and oxygen atoms in total. The maximum absolute atomic E-state index is 13.2. The number of imidazole rings is 2. The van der Waals surface area contributed by atoms with E-state index in [1.807, 2.05) is 21.5 Å². The predicted octanol–water partition coefficient (Wildman–Crippen LogP) is 4.92. The monoisotopic (exact) mass is 851 g/mol. The van der Waals surface area contributed by atoms with Gasteiger partial charge in [-0.15, -0.1) is 0 Å². The molecule has 2 aliphatic heterocycles. The lowest BCUT2D eigenvalue weighted by Crippen LogP contribution is -2.55. The minimum Gasteiger partial charge on any atom is -0.480 e. The molecule has 4 unspecified atom stereocenters. The van der Waals surface area contributed by atoms with Crippen molar-refractivity contribution in [2.45, 2.75) is 191 Å². The van der Waals surface area contributed by atoms with Gasteiger partial charge in [-0.25, -0.2) is 19.6 Å². The number of hydrogen-bond donors (Lipinski definition) is 5. The van der Waals surface area contributed by atoms with Gasteiger partial charge >= 0.3 is 11.9 Å². The summed E-state index contributed by atoms with van der Waals surface area (Å²) in [7, 11) is 1.32. The second kappa shape index (κ2) is 25.2. The highest BCUT2D eigenvalue weighted by Gasteiger charge is 2.35. The number of rotatable bonds is 4. The maximum atomic E-state index is 13.2. The fraction of sp³-hybridized carbons (Fsp3) is 0.733. The number of nitrogens with zero attached hydrogens (tertiary/aromatic N) is 4. The third-order valence-corrected chi connectivity index (χ3v) is 12.7. The molecular weight excluding hydrogens is 781 g/mol. The number of hydrogen-bond acceptors (Lipinski definition) is 9. The number of aliphatic carboxylic acids is 1. The van der Waals surface area contributed by atoms with Crippen molar-refractivity contribution in [3.63, 3.8) is 0 Å². The van der Waals surface area contributed by atoms with E-state index in [1.54, 1.807) is 12.7 Å². The quantitative estimate of drug-likeness (QED) is 0.262. The van der Waals surface area contributed by atoms with Crippen LogP contribution in [0.1, 0.15) is 153 Å². The fourth-order valence-electron chi connectivity index (χ4n) is 9.19. The molecule has 2 saturated carbocycles. The van der Waals surface area contributed by atoms with Crippen molar-refractivity contribution in [2.75, 3.05) is 7.11 Å². The minimum absolute atomic E-state index is 0.0541. The summed E-state index contributed by atoms with van der Waals surface area (Å²) in [6, 6.07) is -3.19. The van der Waals surface area contributed by atoms with Crippen LogP contribution in [0, 0.1) is 11.8 Å². The van der Waals surface area contributed by atoms with Crippen molar-refractivity contribution < 1.29 is 38.6 Å². The third-order valence-electron chi connectivity index (χ3n) is 12.7. The van der Waals surface area contributed by atoms with Gasteiger partial charge in [0.1, 0.15) is 24.2 Å². The van der Waals surface area contributed by atoms with Crippen LogP contribution in [0.3, 0.4) is 0 Å². The van der Waals surface area contributed by atoms with Crippen molar-refractivity contribution in [1.29, 1.82) is 0 Å². The van der Waals surface area contributed by atoms with Crippen LogP contribution in [0.5, 0.6) is 0 Å². The second-order valence-corrected chi connectivity index (χ2v) is 17.5. The van der Waals surface area contributed by atoms with E-state index in [0.29, 0.717) is 18.5 Å². The molecule has 2 aliphatic carbocycles. The number of ether oxygens (including phenoxy) is 1. The average Bonchev–Trinajstić information content (AvgIpc) is 3.92. The van der Waals surface area contributed by atoms with E-state index in [0.717, 1.165) is 147 Å². The van der Waals surface area contributed by atoms with E-state index in [1.165, 1.54) is 7.11 Å². The van der Waals surface area contributed by atoms with Crippen LogP contribution in [0.15, 0.2) is 25.0 Å². The van der Waals surface area contributed by atoms with Crippen molar-refractivity contribution in [3.8, 4) is 0 Å². The van der Waals surface area contributed by atoms with Crippen LogP contribution in [-0.2, 0) is 59.4 Å². The van der Waals surface area contributed by atoms with Gasteiger partial charge in [-0.3, -0.25) is 19.2 Å². The van der Waals surface area contributed by atoms with Gasteiger partial charge in [-0.1, -0.05) is 77.0 Å². The van der Waals surface area contributed by atoms with Crippen LogP contribution < -0.4 is 21.3 Å². The molecule has 0 radical (unpaired) electrons. The Bertz CT molecular complexity index is 1710. The first kappa shape index (κ1) is 47.3. The Morgan fingerprint density at radius 2 is 0.967 bits per heavy atom. The van der Waals surface area contributed by atoms with Crippen LogP contribution in [0.25, 0.3) is 0 Å². The number of fused-ring (bicyclic) bond motifs is 4. The average molecular weight is 851 g/mol. The predicted molar refractivity (Wildman–Crippen MR) is 228 cm³/mol. The van der Waals surface area contributed by atoms with Crippen LogP contribution >= 0.6 is 0 Å². The molecular formula is C45H70N8O8. The molecule has 5 N–H and O–H groups in total. The van der Waals surface area contributed by atoms with Gasteiger partial charge in [0.15, 0.2) is 0 Å². The van der Waals surface area contributed by atoms with Crippen molar-refractivity contribution in [1.82, 2.24) is 40.4 Å². The summed E-state index contributed by atoms with van der Waals surface area (Å²) >= 11 is 0. The zero-order valence-electron chi connectivity index (χ0n) is 36.3. The summed E-state index contributed by atoms with van der Waals surface area (Å²) < 4.78 is 8.94. The van der Waals surface area contributed by atoms with Gasteiger partial charge < -0.3 is 40.2 Å². The molecule has 4 aliphatic rings. The van der Waals surface area contributed by atoms with Gasteiger partial charge in [0.2, 0.25) is 23.6 Å². The highest BCUT2D eigenvalue weighted by Crippen LogP contribution is 2.28. The molecule has 338 valence electrons. The second-order valence-electron chi connectivity index (χ2n) is 17.5. The standard InChI is InChI=1S/C23H36N4O4.C22H34N4O4/c1-31-23(30)19-14-18-15-27(16-24-18)13-9-4-2-3-8-12-20(28)26-21(22(29)25-19)17-10-6-5-7-11-17;27-19-11-7-2-1-3-8-12-26-14-17(23-15-26)13-18(22(29)30)24-21(28)20(25-19)16-9-5-4-6-10-16/h15-17,19,21H,2-14H2,1H3,(H,25,29)(H,26,28);14-16,18,20H,1-13H2,(H,24,28)(H,25,27)(H,29,30). The molecule has 2 aromatic rings. The van der Waals surface area contributed by atoms with Gasteiger partial charge in [0.25, 0.3) is 0 Å². The summed E-state index contributed by atoms with van der Waals surface area (Å²) in [6.45, 7) is 1.70. The molecule has 0 saturated heterocycles. The molecule has 4 atom stereocenters. The van der Waals surface area contributed by atoms with Gasteiger partial charge in [-0.05, 0) is 63.2 Å². The number of methoxy groups -OCH3 is 1. The first-order chi connectivity index (χ1) is 29.6. The number of esters is 1. The van der Waals surface area contributed by atoms with Crippen molar-refractivity contribution in [2.24, 2.45) is 11.8 Å². The van der Waals surface area contributed by atoms with Gasteiger partial charge in [0.05, 0.1) is 31.2 Å². The largest absolute Gasteiger partial charge is 0.480 e. The number of aromatic nitrogens is 4. The normalized spacial score (nSPS) is 25.5. The van der Waals surface area contributed by atoms with E-state index >= 15 is 0 Å². The molecule has 4 heterocycles. The van der Waals surface area contributed by atoms with Crippen LogP contribution in [-0.4, -0.2) is 91.1 Å². The Balaban J connectivity index is 0.000000231. The van der Waals surface area contributed by atoms with Crippen molar-refractivity contribution in [3.05, 3.63) is 36.4 Å². The first-order valence-electron chi connectivity index (χ1n) is 23.1. The third kappa shape index (κ3) is 15.9. The molecule has 0 aromatic carbocycles. The van der Waals surface area contributed by atoms with E-state index in [2.05, 4.69) is 31.2 Å². The Labute approximate surface area is 360 Å². The molecule has 2 aromatic heterocycles. The summed E-state index contributed by atoms with van der Waals surface area (Å²) in [5.41, 5.74) is 1.38. The summed E-state index contributed by atoms with van der Waals surface area (Å²) in [4.78, 5) is 84.3. The zero-order chi connectivity index (χ0) is 43.4. The Hall–Kier alpha value is -4.76. The lowest BCUT2D eigenvalue weighted by molar-refractivity contribution is -0.145. The Morgan fingerprint density at radius 3 is 1.41 bits per heavy atom. The minimum atomic E-state index is -1.09. The van der Waals surface area contributed by atoms with E-state index in [9.17, 15) is 33.9 Å². The van der Waals surface area contributed by atoms with E-state index < -0.39 is 42.0 Å². The van der Waals surface area contributed by atoms with Crippen LogP contribution in [0.4, 0.5) is 0 Å². The lowest BCUT2D eigenvalue weighted by atomic mass is 9.83. The molecule has 2 fully saturated rings. The first-order valence-corrected chi connectivity index (χ1v) is 23.1. The number of carboxylic acid groups (broad SMARTS) is 1. The lowest BCUT2D eigenvalue weighted by Gasteiger charge is -2.31. The number of amides is 4. The van der Waals surface area contributed by atoms with E-state index in [4.69, 9.17) is 4.74 Å². The highest BCUT2D eigenvalue weighted by atomic mass is 16.5. The van der Waals surface area contributed by atoms with Gasteiger partial charge in [0, 0.05) is 51.2 Å². The SMILES string of the molecule is COC(=O)C1Cc2cn(cn2)CCCCCCCC(=O)NC(C2CCCCC2)C(=O)N1.O=C1CCCCCCCn2cnc(c2)CC(C(=O)O)NC(=O)C(C2CCCCC2)N1. The number of carbonyl (C=O) groups is 6. The molecule has 16 heteroatoms. The number of nitrogens with one attached hydrogen (secondary N) is 4. The highest BCUT2D eigenvalue weighted by molar-refractivity contribution is 5.92. The Kier molecular flexibility index (Phi) is 19.6. The summed E-state index contributed by atoms with van der Waals surface area (Å²) in [5, 5.41) is 21.1. The number of carboxylic acids is 1. The summed E-state index contributed by atoms with van der Waals surface area (Å²) in [5.74, 6) is -2.35. The van der Waals surface area contributed by atoms with E-state index in [-0.39, 0.29) is 42.4 Å². The number of aryl methyl sites for hydroxylation is 2. The summed E-state index contributed by atoms with van der Waals surface area (Å²) in [6.07, 6.45) is 28.6. The van der Waals surface area contributed by atoms with Crippen molar-refractivity contribution >= 4 is 35.6 Å². The molecule has 4 amide bonds. The molecule has 4 bridgehead atoms. The topological polar surface area (TPSA) is 216 Å². The maximum Gasteiger partial charge on any atom is 0.328 e. The Morgan fingerprint density at radius 1 is 0.574 bits per heavy atom. The van der Waals surface area contributed by atoms with Gasteiger partial charge in [-0.2, -0.15) is 0 Å². The fourth-order valence-corrected chi connectivity index (χ4v) is 9.19. The number of carbonyl (C=O) groups excluding carboxylic acids is 5.